The van der Waals surface area contributed by atoms with Crippen LogP contribution in [0.3, 0.4) is 0 Å². The normalized spacial score (nSPS) is 40.3. The van der Waals surface area contributed by atoms with E-state index in [1.165, 1.54) is 34.8 Å². The fourth-order valence-corrected chi connectivity index (χ4v) is 9.83. The van der Waals surface area contributed by atoms with E-state index in [0.717, 1.165) is 0 Å². The minimum atomic E-state index is -4.88. The van der Waals surface area contributed by atoms with Crippen LogP contribution in [0.25, 0.3) is 22.3 Å². The predicted octanol–water partition coefficient (Wildman–Crippen LogP) is 0.579. The van der Waals surface area contributed by atoms with Gasteiger partial charge in [-0.1, -0.05) is 0 Å². The second kappa shape index (κ2) is 11.1. The molecule has 0 spiro atoms. The van der Waals surface area contributed by atoms with Gasteiger partial charge in [0.2, 0.25) is 5.95 Å². The van der Waals surface area contributed by atoms with E-state index in [9.17, 15) is 23.9 Å². The Kier molecular flexibility index (Phi) is 7.36. The molecule has 0 saturated carbocycles. The Morgan fingerprint density at radius 3 is 2.52 bits per heavy atom. The first kappa shape index (κ1) is 31.9. The van der Waals surface area contributed by atoms with Crippen molar-refractivity contribution in [3.63, 3.8) is 0 Å². The summed E-state index contributed by atoms with van der Waals surface area (Å²) in [6, 6.07) is 0. The first-order valence-corrected chi connectivity index (χ1v) is 18.5. The number of fused-ring (bicyclic) bond motifs is 5. The zero-order chi connectivity index (χ0) is 33.7. The van der Waals surface area contributed by atoms with Crippen LogP contribution in [-0.4, -0.2) is 98.4 Å². The van der Waals surface area contributed by atoms with Crippen LogP contribution in [0.4, 0.5) is 11.8 Å². The number of phosphoric acid groups is 1. The number of rotatable bonds is 2. The first-order chi connectivity index (χ1) is 22.7. The number of phosphoric ester groups is 1. The number of imidazole rings is 2. The molecule has 258 valence electrons. The molecule has 0 radical (unpaired) electrons. The van der Waals surface area contributed by atoms with Gasteiger partial charge in [0, 0.05) is 19.0 Å². The zero-order valence-corrected chi connectivity index (χ0v) is 27.2. The van der Waals surface area contributed by atoms with Gasteiger partial charge in [-0.3, -0.25) is 32.5 Å². The molecule has 11 atom stereocenters. The minimum Gasteiger partial charge on any atom is -0.386 e. The molecule has 23 heteroatoms. The number of ether oxygens (including phenoxy) is 2. The first-order valence-electron chi connectivity index (χ1n) is 15.0. The number of hydrogen-bond acceptors (Lipinski definition) is 17. The van der Waals surface area contributed by atoms with Gasteiger partial charge >= 0.3 is 15.4 Å². The summed E-state index contributed by atoms with van der Waals surface area (Å²) in [6.07, 6.45) is -3.57. The molecule has 0 aromatic carbocycles. The summed E-state index contributed by atoms with van der Waals surface area (Å²) in [7, 11) is -8.78. The smallest absolute Gasteiger partial charge is 0.386 e. The fourth-order valence-electron chi connectivity index (χ4n) is 7.15. The molecule has 8 rings (SSSR count). The van der Waals surface area contributed by atoms with Crippen LogP contribution in [0.1, 0.15) is 38.6 Å². The van der Waals surface area contributed by atoms with E-state index in [0.29, 0.717) is 12.8 Å². The van der Waals surface area contributed by atoms with E-state index in [-0.39, 0.29) is 40.5 Å². The van der Waals surface area contributed by atoms with Crippen molar-refractivity contribution in [2.75, 3.05) is 24.7 Å². The number of aromatic nitrogens is 8. The molecule has 7 N–H and O–H groups in total. The number of nitrogen functional groups attached to an aromatic ring is 2. The Hall–Kier alpha value is -3.36. The van der Waals surface area contributed by atoms with Gasteiger partial charge in [0.1, 0.15) is 30.2 Å². The molecule has 0 aliphatic carbocycles. The standard InChI is InChI=1S/C25H32N10O11P2/c1-25-4-3-10-12(43-23(16(10)44-47(2,38)46-25)35-9-31-14-20(35)32-24(27)33-21(14)37)6-41-48(39,40)45-17-11(5-25)42-22(15(17)36)34-8-30-13-18(26)28-7-29-19(13)34/h7-12,15-17,22-23,36H,3-6H2,1-2H3,(H,39,40)(H2,26,28,29)(H3,27,32,33,37)/t10?,11-,12-,15?,16?,17?,22-,23-,25?,47?/m1/s1. The van der Waals surface area contributed by atoms with Crippen LogP contribution in [-0.2, 0) is 36.7 Å². The lowest BCUT2D eigenvalue weighted by Crippen LogP contribution is -2.43. The van der Waals surface area contributed by atoms with E-state index in [1.54, 1.807) is 6.92 Å². The summed E-state index contributed by atoms with van der Waals surface area (Å²) in [5.74, 6) is -0.598. The van der Waals surface area contributed by atoms with Crippen molar-refractivity contribution in [3.05, 3.63) is 29.3 Å². The average Bonchev–Trinajstić information content (AvgIpc) is 3.75. The highest BCUT2D eigenvalue weighted by Gasteiger charge is 2.56. The highest BCUT2D eigenvalue weighted by Crippen LogP contribution is 2.59. The van der Waals surface area contributed by atoms with Gasteiger partial charge in [-0.05, 0) is 19.8 Å². The van der Waals surface area contributed by atoms with Gasteiger partial charge in [0.05, 0.1) is 37.1 Å². The van der Waals surface area contributed by atoms with Crippen LogP contribution in [0, 0.1) is 5.92 Å². The van der Waals surface area contributed by atoms with Crippen molar-refractivity contribution in [1.82, 2.24) is 39.0 Å². The number of anilines is 2. The van der Waals surface area contributed by atoms with Gasteiger partial charge in [0.25, 0.3) is 5.56 Å². The molecule has 4 saturated heterocycles. The van der Waals surface area contributed by atoms with Crippen LogP contribution in [0.5, 0.6) is 0 Å². The summed E-state index contributed by atoms with van der Waals surface area (Å²) < 4.78 is 66.5. The maximum absolute atomic E-state index is 14.1. The third-order valence-corrected chi connectivity index (χ3v) is 11.6. The van der Waals surface area contributed by atoms with Crippen molar-refractivity contribution < 1.29 is 46.7 Å². The number of nitrogens with one attached hydrogen (secondary N) is 1. The van der Waals surface area contributed by atoms with E-state index >= 15 is 0 Å². The molecule has 4 aromatic rings. The van der Waals surface area contributed by atoms with Crippen molar-refractivity contribution in [3.8, 4) is 0 Å². The van der Waals surface area contributed by atoms with Crippen molar-refractivity contribution in [1.29, 1.82) is 0 Å². The maximum Gasteiger partial charge on any atom is 0.472 e. The molecule has 4 aliphatic rings. The van der Waals surface area contributed by atoms with Crippen LogP contribution < -0.4 is 17.0 Å². The second-order valence-electron chi connectivity index (χ2n) is 12.6. The topological polar surface area (TPSA) is 289 Å². The zero-order valence-electron chi connectivity index (χ0n) is 25.4. The molecule has 4 fully saturated rings. The van der Waals surface area contributed by atoms with Crippen molar-refractivity contribution in [2.45, 2.75) is 74.8 Å². The van der Waals surface area contributed by atoms with Crippen LogP contribution in [0.2, 0.25) is 0 Å². The highest BCUT2D eigenvalue weighted by molar-refractivity contribution is 7.53. The number of H-pyrrole nitrogens is 1. The molecule has 2 bridgehead atoms. The molecule has 4 aliphatic heterocycles. The molecule has 0 amide bonds. The van der Waals surface area contributed by atoms with Gasteiger partial charge in [-0.25, -0.2) is 24.5 Å². The van der Waals surface area contributed by atoms with Gasteiger partial charge in [0.15, 0.2) is 35.1 Å². The summed E-state index contributed by atoms with van der Waals surface area (Å²) in [4.78, 5) is 46.5. The van der Waals surface area contributed by atoms with Gasteiger partial charge < -0.3 is 40.0 Å². The summed E-state index contributed by atoms with van der Waals surface area (Å²) in [5, 5.41) is 11.5. The number of aliphatic hydroxyl groups is 1. The SMILES string of the molecule is CC12CCC3C(OP(C)(=O)O1)[C@H](n1cnc4c(=O)[nH]c(N)nc41)O[C@@H]3COP(=O)(O)OC1C(O)[C@H](n3cnc4c(N)ncnc43)O[C@@H]1C2. The largest absolute Gasteiger partial charge is 0.472 e. The van der Waals surface area contributed by atoms with E-state index in [2.05, 4.69) is 29.9 Å². The lowest BCUT2D eigenvalue weighted by Gasteiger charge is -2.40. The Morgan fingerprint density at radius 1 is 1.00 bits per heavy atom. The highest BCUT2D eigenvalue weighted by atomic mass is 31.2. The maximum atomic E-state index is 14.1. The molecule has 4 aromatic heterocycles. The quantitative estimate of drug-likeness (QED) is 0.178. The summed E-state index contributed by atoms with van der Waals surface area (Å²) >= 11 is 0. The van der Waals surface area contributed by atoms with Crippen LogP contribution in [0.15, 0.2) is 23.8 Å². The lowest BCUT2D eigenvalue weighted by molar-refractivity contribution is -0.0780. The van der Waals surface area contributed by atoms with Gasteiger partial charge in [-0.15, -0.1) is 0 Å². The number of hydrogen-bond donors (Lipinski definition) is 5. The second-order valence-corrected chi connectivity index (χ2v) is 15.9. The van der Waals surface area contributed by atoms with Gasteiger partial charge in [-0.2, -0.15) is 4.98 Å². The Bertz CT molecular complexity index is 2070. The molecule has 8 heterocycles. The fraction of sp³-hybridized carbons (Fsp3) is 0.600. The number of aliphatic hydroxyl groups excluding tert-OH is 1. The number of nitrogens with zero attached hydrogens (tertiary/aromatic N) is 7. The van der Waals surface area contributed by atoms with E-state index < -0.39 is 82.1 Å². The average molecular weight is 711 g/mol. The molecule has 48 heavy (non-hydrogen) atoms. The third-order valence-electron chi connectivity index (χ3n) is 9.19. The lowest BCUT2D eigenvalue weighted by atomic mass is 9.84. The molecule has 21 nitrogen and oxygen atoms in total. The summed E-state index contributed by atoms with van der Waals surface area (Å²) in [6.45, 7) is 2.60. The molecule has 7 unspecified atom stereocenters. The monoisotopic (exact) mass is 710 g/mol. The third kappa shape index (κ3) is 5.34. The Morgan fingerprint density at radius 2 is 1.73 bits per heavy atom. The number of nitrogens with two attached hydrogens (primary N) is 2. The predicted molar refractivity (Wildman–Crippen MR) is 162 cm³/mol. The Balaban J connectivity index is 1.16. The Labute approximate surface area is 270 Å². The van der Waals surface area contributed by atoms with Crippen molar-refractivity contribution in [2.24, 2.45) is 5.92 Å². The van der Waals surface area contributed by atoms with Crippen molar-refractivity contribution >= 4 is 49.5 Å². The number of aromatic amines is 1. The van der Waals surface area contributed by atoms with Crippen LogP contribution >= 0.6 is 15.4 Å². The summed E-state index contributed by atoms with van der Waals surface area (Å²) in [5.41, 5.74) is 10.6. The molecular formula is C25H32N10O11P2. The van der Waals surface area contributed by atoms with E-state index in [4.69, 9.17) is 39.0 Å². The molecular weight excluding hydrogens is 678 g/mol. The van der Waals surface area contributed by atoms with E-state index in [1.807, 2.05) is 0 Å². The minimum absolute atomic E-state index is 0.0134.